The number of anilines is 6. The molecule has 4 heteroatoms. The molecule has 0 spiro atoms. The van der Waals surface area contributed by atoms with Crippen LogP contribution in [-0.4, -0.2) is 4.57 Å². The van der Waals surface area contributed by atoms with E-state index in [1.807, 2.05) is 11.3 Å². The van der Waals surface area contributed by atoms with Crippen molar-refractivity contribution in [3.63, 3.8) is 0 Å². The van der Waals surface area contributed by atoms with Crippen LogP contribution in [0, 0.1) is 0 Å². The zero-order valence-corrected chi connectivity index (χ0v) is 33.4. The fourth-order valence-corrected chi connectivity index (χ4v) is 10.3. The number of thiophene rings is 1. The number of hydrogen-bond donors (Lipinski definition) is 0. The van der Waals surface area contributed by atoms with Gasteiger partial charge < -0.3 is 14.4 Å². The van der Waals surface area contributed by atoms with Gasteiger partial charge in [-0.25, -0.2) is 0 Å². The van der Waals surface area contributed by atoms with Gasteiger partial charge in [0.05, 0.1) is 22.4 Å². The van der Waals surface area contributed by atoms with Crippen molar-refractivity contribution in [3.8, 4) is 5.69 Å². The first-order valence-corrected chi connectivity index (χ1v) is 21.2. The summed E-state index contributed by atoms with van der Waals surface area (Å²) in [4.78, 5) is 4.85. The second kappa shape index (κ2) is 14.0. The van der Waals surface area contributed by atoms with E-state index in [-0.39, 0.29) is 0 Å². The zero-order valence-electron chi connectivity index (χ0n) is 32.6. The largest absolute Gasteiger partial charge is 0.310 e. The Morgan fingerprint density at radius 3 is 1.58 bits per heavy atom. The number of para-hydroxylation sites is 4. The molecule has 0 bridgehead atoms. The molecule has 2 heterocycles. The Labute approximate surface area is 351 Å². The Hall–Kier alpha value is -7.66. The fraction of sp³-hybridized carbons (Fsp3) is 0. The number of nitrogens with zero attached hydrogens (tertiary/aromatic N) is 3. The first kappa shape index (κ1) is 34.4. The molecule has 0 saturated carbocycles. The molecule has 282 valence electrons. The molecule has 0 aliphatic rings. The van der Waals surface area contributed by atoms with Crippen LogP contribution in [0.25, 0.3) is 69.2 Å². The van der Waals surface area contributed by atoms with E-state index in [1.165, 1.54) is 52.5 Å². The molecule has 10 aromatic carbocycles. The van der Waals surface area contributed by atoms with Crippen LogP contribution in [0.15, 0.2) is 224 Å². The summed E-state index contributed by atoms with van der Waals surface area (Å²) in [6.07, 6.45) is 0. The van der Waals surface area contributed by atoms with Gasteiger partial charge in [-0.05, 0) is 113 Å². The number of benzene rings is 10. The van der Waals surface area contributed by atoms with Crippen molar-refractivity contribution in [2.45, 2.75) is 0 Å². The Morgan fingerprint density at radius 1 is 0.317 bits per heavy atom. The smallest absolute Gasteiger partial charge is 0.0583 e. The van der Waals surface area contributed by atoms with Crippen LogP contribution in [0.4, 0.5) is 34.1 Å². The van der Waals surface area contributed by atoms with Gasteiger partial charge in [0.1, 0.15) is 0 Å². The van der Waals surface area contributed by atoms with Gasteiger partial charge in [-0.15, -0.1) is 11.3 Å². The lowest BCUT2D eigenvalue weighted by atomic mass is 10.0. The average Bonchev–Trinajstić information content (AvgIpc) is 3.84. The van der Waals surface area contributed by atoms with Gasteiger partial charge in [0.25, 0.3) is 0 Å². The van der Waals surface area contributed by atoms with Crippen LogP contribution in [0.3, 0.4) is 0 Å². The molecule has 2 aromatic heterocycles. The van der Waals surface area contributed by atoms with Crippen molar-refractivity contribution < 1.29 is 0 Å². The van der Waals surface area contributed by atoms with E-state index >= 15 is 0 Å². The summed E-state index contributed by atoms with van der Waals surface area (Å²) in [5.74, 6) is 0. The van der Waals surface area contributed by atoms with E-state index < -0.39 is 0 Å². The molecule has 0 amide bonds. The number of fused-ring (bicyclic) bond motifs is 8. The van der Waals surface area contributed by atoms with Gasteiger partial charge in [0, 0.05) is 59.4 Å². The third kappa shape index (κ3) is 5.65. The van der Waals surface area contributed by atoms with E-state index in [9.17, 15) is 0 Å². The van der Waals surface area contributed by atoms with Crippen LogP contribution in [0.2, 0.25) is 0 Å². The van der Waals surface area contributed by atoms with Gasteiger partial charge in [0.2, 0.25) is 0 Å². The summed E-state index contributed by atoms with van der Waals surface area (Å²) in [5.41, 5.74) is 9.97. The molecule has 0 atom stereocenters. The molecule has 0 aliphatic carbocycles. The summed E-state index contributed by atoms with van der Waals surface area (Å²) in [6.45, 7) is 0. The predicted octanol–water partition coefficient (Wildman–Crippen LogP) is 16.4. The van der Waals surface area contributed by atoms with Gasteiger partial charge in [-0.2, -0.15) is 0 Å². The minimum absolute atomic E-state index is 1.07. The highest BCUT2D eigenvalue weighted by atomic mass is 32.1. The first-order chi connectivity index (χ1) is 29.7. The van der Waals surface area contributed by atoms with Crippen LogP contribution in [0.1, 0.15) is 0 Å². The molecule has 0 radical (unpaired) electrons. The van der Waals surface area contributed by atoms with Crippen LogP contribution in [0.5, 0.6) is 0 Å². The average molecular weight is 784 g/mol. The van der Waals surface area contributed by atoms with E-state index in [4.69, 9.17) is 0 Å². The van der Waals surface area contributed by atoms with Gasteiger partial charge >= 0.3 is 0 Å². The van der Waals surface area contributed by atoms with Gasteiger partial charge in [-0.1, -0.05) is 133 Å². The molecular weight excluding hydrogens is 747 g/mol. The highest BCUT2D eigenvalue weighted by Crippen LogP contribution is 2.49. The van der Waals surface area contributed by atoms with Crippen molar-refractivity contribution in [3.05, 3.63) is 224 Å². The molecule has 12 rings (SSSR count). The second-order valence-electron chi connectivity index (χ2n) is 15.4. The maximum absolute atomic E-state index is 2.46. The van der Waals surface area contributed by atoms with Gasteiger partial charge in [0.15, 0.2) is 0 Å². The minimum atomic E-state index is 1.07. The third-order valence-electron chi connectivity index (χ3n) is 11.9. The molecule has 60 heavy (non-hydrogen) atoms. The predicted molar refractivity (Wildman–Crippen MR) is 258 cm³/mol. The van der Waals surface area contributed by atoms with E-state index in [0.717, 1.165) is 50.8 Å². The molecular formula is C56H37N3S. The van der Waals surface area contributed by atoms with Crippen molar-refractivity contribution in [2.24, 2.45) is 0 Å². The summed E-state index contributed by atoms with van der Waals surface area (Å²) in [5, 5.41) is 9.95. The monoisotopic (exact) mass is 783 g/mol. The van der Waals surface area contributed by atoms with Crippen LogP contribution < -0.4 is 9.80 Å². The molecule has 0 aliphatic heterocycles. The summed E-state index contributed by atoms with van der Waals surface area (Å²) in [7, 11) is 0. The normalized spacial score (nSPS) is 11.7. The van der Waals surface area contributed by atoms with Crippen LogP contribution in [-0.2, 0) is 0 Å². The lowest BCUT2D eigenvalue weighted by Gasteiger charge is -2.30. The fourth-order valence-electron chi connectivity index (χ4n) is 9.15. The molecule has 0 unspecified atom stereocenters. The highest BCUT2D eigenvalue weighted by molar-refractivity contribution is 7.26. The Balaban J connectivity index is 1.18. The Morgan fingerprint density at radius 2 is 0.883 bits per heavy atom. The van der Waals surface area contributed by atoms with Crippen molar-refractivity contribution >= 4 is 109 Å². The quantitative estimate of drug-likeness (QED) is 0.159. The zero-order chi connectivity index (χ0) is 39.6. The topological polar surface area (TPSA) is 11.4 Å². The van der Waals surface area contributed by atoms with Crippen LogP contribution >= 0.6 is 11.3 Å². The summed E-state index contributed by atoms with van der Waals surface area (Å²) < 4.78 is 5.03. The maximum Gasteiger partial charge on any atom is 0.0583 e. The molecule has 0 N–H and O–H groups in total. The Bertz CT molecular complexity index is 3510. The van der Waals surface area contributed by atoms with E-state index in [1.54, 1.807) is 0 Å². The summed E-state index contributed by atoms with van der Waals surface area (Å²) in [6, 6.07) is 81.8. The molecule has 3 nitrogen and oxygen atoms in total. The summed E-state index contributed by atoms with van der Waals surface area (Å²) >= 11 is 1.87. The molecule has 0 fully saturated rings. The second-order valence-corrected chi connectivity index (χ2v) is 16.5. The maximum atomic E-state index is 2.46. The van der Waals surface area contributed by atoms with E-state index in [0.29, 0.717) is 0 Å². The lowest BCUT2D eigenvalue weighted by molar-refractivity contribution is 1.18. The molecule has 12 aromatic rings. The highest BCUT2D eigenvalue weighted by Gasteiger charge is 2.25. The van der Waals surface area contributed by atoms with Crippen molar-refractivity contribution in [1.29, 1.82) is 0 Å². The third-order valence-corrected chi connectivity index (χ3v) is 13.0. The Kier molecular flexibility index (Phi) is 8.03. The first-order valence-electron chi connectivity index (χ1n) is 20.4. The van der Waals surface area contributed by atoms with Crippen molar-refractivity contribution in [2.75, 3.05) is 9.80 Å². The number of hydrogen-bond acceptors (Lipinski definition) is 3. The minimum Gasteiger partial charge on any atom is -0.310 e. The molecule has 0 saturated heterocycles. The number of rotatable bonds is 7. The number of aromatic nitrogens is 1. The standard InChI is InChI=1S/C56H37N3S/c1-4-20-42(21-5-1)57(46-30-31-48-50-33-40-18-12-13-19-41(40)34-54(50)60-55(48)37-46)47-35-52(58(43-22-6-2-7-23-43)44-24-8-3-9-25-44)56-49-26-14-15-27-51(49)59(53(56)36-47)45-29-28-38-16-10-11-17-39(38)32-45/h1-37H. The van der Waals surface area contributed by atoms with Gasteiger partial charge in [-0.3, -0.25) is 0 Å². The SMILES string of the molecule is c1ccc(N(c2ccc3c(c2)sc2cc4ccccc4cc23)c2cc(N(c3ccccc3)c3ccccc3)c3c4ccccc4n(-c4ccc5ccccc5c4)c3c2)cc1. The van der Waals surface area contributed by atoms with Crippen molar-refractivity contribution in [1.82, 2.24) is 4.57 Å². The lowest BCUT2D eigenvalue weighted by Crippen LogP contribution is -2.14. The van der Waals surface area contributed by atoms with E-state index in [2.05, 4.69) is 239 Å².